The summed E-state index contributed by atoms with van der Waals surface area (Å²) in [4.78, 5) is 14.7. The largest absolute Gasteiger partial charge is 0.424 e. The monoisotopic (exact) mass is 291 g/mol. The Hall–Kier alpha value is -1.23. The Morgan fingerprint density at radius 1 is 1.14 bits per heavy atom. The van der Waals surface area contributed by atoms with Gasteiger partial charge in [0.05, 0.1) is 6.54 Å². The van der Waals surface area contributed by atoms with Crippen molar-refractivity contribution in [1.82, 2.24) is 15.1 Å². The van der Waals surface area contributed by atoms with E-state index in [0.29, 0.717) is 30.2 Å². The molecule has 116 valence electrons. The lowest BCUT2D eigenvalue weighted by Crippen LogP contribution is -2.47. The molecule has 3 rings (SSSR count). The Labute approximate surface area is 126 Å². The summed E-state index contributed by atoms with van der Waals surface area (Å²) >= 11 is 0. The Kier molecular flexibility index (Phi) is 4.68. The topological polar surface area (TPSA) is 59.2 Å². The van der Waals surface area contributed by atoms with Crippen molar-refractivity contribution in [3.05, 3.63) is 11.8 Å². The highest BCUT2D eigenvalue weighted by molar-refractivity contribution is 5.82. The molecule has 2 aliphatic rings. The Balaban J connectivity index is 1.70. The molecule has 0 bridgehead atoms. The van der Waals surface area contributed by atoms with E-state index in [9.17, 15) is 4.79 Å². The standard InChI is InChI=1S/C16H25N3O2/c1-2-15-17-18-16(21-15)11-19-10-6-5-8-13(19)12-7-3-4-9-14(12)20/h12-13H,2-11H2,1H3. The van der Waals surface area contributed by atoms with Crippen LogP contribution in [0.4, 0.5) is 0 Å². The number of hydrogen-bond donors (Lipinski definition) is 0. The van der Waals surface area contributed by atoms with Crippen LogP contribution in [0.2, 0.25) is 0 Å². The average Bonchev–Trinajstić information content (AvgIpc) is 2.96. The van der Waals surface area contributed by atoms with Crippen molar-refractivity contribution in [1.29, 1.82) is 0 Å². The number of nitrogens with zero attached hydrogens (tertiary/aromatic N) is 3. The van der Waals surface area contributed by atoms with Gasteiger partial charge < -0.3 is 4.42 Å². The van der Waals surface area contributed by atoms with Gasteiger partial charge in [0, 0.05) is 24.8 Å². The third-order valence-electron chi connectivity index (χ3n) is 4.88. The zero-order valence-corrected chi connectivity index (χ0v) is 12.9. The van der Waals surface area contributed by atoms with Gasteiger partial charge in [-0.25, -0.2) is 0 Å². The number of aromatic nitrogens is 2. The van der Waals surface area contributed by atoms with Crippen LogP contribution in [0.15, 0.2) is 4.42 Å². The van der Waals surface area contributed by atoms with Crippen molar-refractivity contribution in [3.8, 4) is 0 Å². The van der Waals surface area contributed by atoms with Gasteiger partial charge in [-0.05, 0) is 32.2 Å². The Morgan fingerprint density at radius 3 is 2.71 bits per heavy atom. The van der Waals surface area contributed by atoms with E-state index in [2.05, 4.69) is 15.1 Å². The van der Waals surface area contributed by atoms with Crippen LogP contribution in [0.5, 0.6) is 0 Å². The van der Waals surface area contributed by atoms with E-state index < -0.39 is 0 Å². The number of ketones is 1. The molecular formula is C16H25N3O2. The molecule has 2 atom stereocenters. The van der Waals surface area contributed by atoms with Crippen LogP contribution in [-0.4, -0.2) is 33.5 Å². The highest BCUT2D eigenvalue weighted by atomic mass is 16.4. The van der Waals surface area contributed by atoms with Gasteiger partial charge in [-0.2, -0.15) is 0 Å². The molecule has 1 aromatic heterocycles. The van der Waals surface area contributed by atoms with Crippen molar-refractivity contribution in [2.45, 2.75) is 70.9 Å². The van der Waals surface area contributed by atoms with Crippen LogP contribution in [-0.2, 0) is 17.8 Å². The molecule has 2 heterocycles. The lowest BCUT2D eigenvalue weighted by atomic mass is 9.79. The summed E-state index contributed by atoms with van der Waals surface area (Å²) in [5.74, 6) is 2.10. The first kappa shape index (κ1) is 14.7. The highest BCUT2D eigenvalue weighted by Crippen LogP contribution is 2.32. The predicted molar refractivity (Wildman–Crippen MR) is 78.7 cm³/mol. The number of likely N-dealkylation sites (tertiary alicyclic amines) is 1. The van der Waals surface area contributed by atoms with Crippen LogP contribution in [0.1, 0.15) is 63.7 Å². The maximum Gasteiger partial charge on any atom is 0.230 e. The molecule has 5 heteroatoms. The molecule has 2 unspecified atom stereocenters. The summed E-state index contributed by atoms with van der Waals surface area (Å²) in [6, 6.07) is 0.378. The van der Waals surface area contributed by atoms with E-state index in [1.807, 2.05) is 6.92 Å². The summed E-state index contributed by atoms with van der Waals surface area (Å²) in [6.45, 7) is 3.75. The maximum atomic E-state index is 12.3. The molecule has 5 nitrogen and oxygen atoms in total. The molecule has 1 aliphatic carbocycles. The molecular weight excluding hydrogens is 266 g/mol. The lowest BCUT2D eigenvalue weighted by Gasteiger charge is -2.40. The van der Waals surface area contributed by atoms with Gasteiger partial charge in [-0.15, -0.1) is 10.2 Å². The number of carbonyl (C=O) groups is 1. The van der Waals surface area contributed by atoms with Crippen molar-refractivity contribution in [2.24, 2.45) is 5.92 Å². The van der Waals surface area contributed by atoms with Gasteiger partial charge in [0.1, 0.15) is 5.78 Å². The van der Waals surface area contributed by atoms with Crippen LogP contribution in [0.3, 0.4) is 0 Å². The fourth-order valence-electron chi connectivity index (χ4n) is 3.75. The third-order valence-corrected chi connectivity index (χ3v) is 4.88. The van der Waals surface area contributed by atoms with E-state index in [4.69, 9.17) is 4.42 Å². The van der Waals surface area contributed by atoms with Crippen molar-refractivity contribution >= 4 is 5.78 Å². The van der Waals surface area contributed by atoms with Gasteiger partial charge in [-0.1, -0.05) is 19.8 Å². The maximum absolute atomic E-state index is 12.3. The van der Waals surface area contributed by atoms with E-state index in [1.165, 1.54) is 19.3 Å². The first-order valence-electron chi connectivity index (χ1n) is 8.36. The average molecular weight is 291 g/mol. The number of Topliss-reactive ketones (excluding diaryl/α,β-unsaturated/α-hetero) is 1. The Bertz CT molecular complexity index is 486. The van der Waals surface area contributed by atoms with Crippen LogP contribution >= 0.6 is 0 Å². The second kappa shape index (κ2) is 6.69. The SMILES string of the molecule is CCc1nnc(CN2CCCCC2C2CCCCC2=O)o1. The molecule has 0 amide bonds. The van der Waals surface area contributed by atoms with Crippen molar-refractivity contribution in [3.63, 3.8) is 0 Å². The number of rotatable bonds is 4. The normalized spacial score (nSPS) is 28.0. The third kappa shape index (κ3) is 3.34. The molecule has 2 fully saturated rings. The van der Waals surface area contributed by atoms with Crippen molar-refractivity contribution in [2.75, 3.05) is 6.54 Å². The molecule has 1 aromatic rings. The second-order valence-corrected chi connectivity index (χ2v) is 6.30. The Morgan fingerprint density at radius 2 is 1.95 bits per heavy atom. The van der Waals surface area contributed by atoms with E-state index in [1.54, 1.807) is 0 Å². The van der Waals surface area contributed by atoms with Crippen molar-refractivity contribution < 1.29 is 9.21 Å². The van der Waals surface area contributed by atoms with Crippen LogP contribution in [0, 0.1) is 5.92 Å². The molecule has 1 saturated heterocycles. The summed E-state index contributed by atoms with van der Waals surface area (Å²) in [5.41, 5.74) is 0. The zero-order chi connectivity index (χ0) is 14.7. The summed E-state index contributed by atoms with van der Waals surface area (Å²) in [7, 11) is 0. The van der Waals surface area contributed by atoms with Gasteiger partial charge >= 0.3 is 0 Å². The minimum atomic E-state index is 0.229. The first-order chi connectivity index (χ1) is 10.3. The second-order valence-electron chi connectivity index (χ2n) is 6.30. The molecule has 1 aliphatic heterocycles. The fourth-order valence-corrected chi connectivity index (χ4v) is 3.75. The predicted octanol–water partition coefficient (Wildman–Crippen LogP) is 2.75. The highest BCUT2D eigenvalue weighted by Gasteiger charge is 2.35. The number of hydrogen-bond acceptors (Lipinski definition) is 5. The fraction of sp³-hybridized carbons (Fsp3) is 0.812. The van der Waals surface area contributed by atoms with Gasteiger partial charge in [0.2, 0.25) is 11.8 Å². The molecule has 0 radical (unpaired) electrons. The summed E-state index contributed by atoms with van der Waals surface area (Å²) in [6.07, 6.45) is 8.44. The molecule has 21 heavy (non-hydrogen) atoms. The van der Waals surface area contributed by atoms with E-state index in [0.717, 1.165) is 38.6 Å². The molecule has 0 N–H and O–H groups in total. The van der Waals surface area contributed by atoms with Gasteiger partial charge in [-0.3, -0.25) is 9.69 Å². The van der Waals surface area contributed by atoms with Gasteiger partial charge in [0.15, 0.2) is 0 Å². The minimum Gasteiger partial charge on any atom is -0.424 e. The quantitative estimate of drug-likeness (QED) is 0.853. The molecule has 0 aromatic carbocycles. The minimum absolute atomic E-state index is 0.229. The summed E-state index contributed by atoms with van der Waals surface area (Å²) in [5, 5.41) is 8.18. The molecule has 0 spiro atoms. The van der Waals surface area contributed by atoms with Crippen LogP contribution < -0.4 is 0 Å². The lowest BCUT2D eigenvalue weighted by molar-refractivity contribution is -0.128. The smallest absolute Gasteiger partial charge is 0.230 e. The molecule has 1 saturated carbocycles. The van der Waals surface area contributed by atoms with Gasteiger partial charge in [0.25, 0.3) is 0 Å². The summed E-state index contributed by atoms with van der Waals surface area (Å²) < 4.78 is 5.65. The van der Waals surface area contributed by atoms with E-state index in [-0.39, 0.29) is 5.92 Å². The number of aryl methyl sites for hydroxylation is 1. The number of carbonyl (C=O) groups excluding carboxylic acids is 1. The zero-order valence-electron chi connectivity index (χ0n) is 12.9. The first-order valence-corrected chi connectivity index (χ1v) is 8.36. The number of piperidine rings is 1. The van der Waals surface area contributed by atoms with E-state index >= 15 is 0 Å². The van der Waals surface area contributed by atoms with Crippen LogP contribution in [0.25, 0.3) is 0 Å².